The van der Waals surface area contributed by atoms with Crippen molar-refractivity contribution in [3.8, 4) is 22.4 Å². The first kappa shape index (κ1) is 12.9. The van der Waals surface area contributed by atoms with Crippen LogP contribution in [0.25, 0.3) is 22.4 Å². The van der Waals surface area contributed by atoms with Gasteiger partial charge in [0.2, 0.25) is 5.88 Å². The van der Waals surface area contributed by atoms with Gasteiger partial charge in [0.25, 0.3) is 0 Å². The van der Waals surface area contributed by atoms with Crippen molar-refractivity contribution in [2.24, 2.45) is 0 Å². The molecule has 0 bridgehead atoms. The van der Waals surface area contributed by atoms with Gasteiger partial charge in [-0.2, -0.15) is 0 Å². The fraction of sp³-hybridized carbons (Fsp3) is 0.0625. The van der Waals surface area contributed by atoms with Crippen molar-refractivity contribution >= 4 is 21.8 Å². The van der Waals surface area contributed by atoms with E-state index in [0.717, 1.165) is 26.9 Å². The van der Waals surface area contributed by atoms with Gasteiger partial charge in [0.05, 0.1) is 5.56 Å². The van der Waals surface area contributed by atoms with Gasteiger partial charge in [0.1, 0.15) is 5.69 Å². The topological polar surface area (TPSA) is 52.0 Å². The molecule has 1 heterocycles. The van der Waals surface area contributed by atoms with Crippen LogP contribution in [0.1, 0.15) is 5.56 Å². The summed E-state index contributed by atoms with van der Waals surface area (Å²) in [6, 6.07) is 16.0. The molecule has 4 heteroatoms. The molecule has 0 unspecified atom stereocenters. The molecule has 1 aromatic heterocycles. The number of hydrogen-bond donors (Lipinski definition) is 1. The number of nitrogen functional groups attached to an aromatic ring is 1. The van der Waals surface area contributed by atoms with E-state index in [-0.39, 0.29) is 0 Å². The third-order valence-electron chi connectivity index (χ3n) is 3.16. The van der Waals surface area contributed by atoms with E-state index in [2.05, 4.69) is 27.2 Å². The van der Waals surface area contributed by atoms with Crippen LogP contribution in [0, 0.1) is 6.92 Å². The summed E-state index contributed by atoms with van der Waals surface area (Å²) in [4.78, 5) is 0. The molecule has 0 saturated heterocycles. The fourth-order valence-electron chi connectivity index (χ4n) is 2.18. The van der Waals surface area contributed by atoms with Gasteiger partial charge in [-0.3, -0.25) is 0 Å². The van der Waals surface area contributed by atoms with Crippen molar-refractivity contribution in [2.45, 2.75) is 6.92 Å². The Balaban J connectivity index is 2.21. The van der Waals surface area contributed by atoms with Crippen molar-refractivity contribution in [3.63, 3.8) is 0 Å². The molecule has 0 atom stereocenters. The number of aromatic nitrogens is 1. The Kier molecular flexibility index (Phi) is 3.32. The molecule has 0 aliphatic carbocycles. The van der Waals surface area contributed by atoms with Crippen molar-refractivity contribution in [1.29, 1.82) is 0 Å². The third-order valence-corrected chi connectivity index (χ3v) is 3.82. The highest BCUT2D eigenvalue weighted by Crippen LogP contribution is 2.39. The Morgan fingerprint density at radius 3 is 2.55 bits per heavy atom. The molecule has 0 aliphatic heterocycles. The van der Waals surface area contributed by atoms with Crippen LogP contribution in [0.15, 0.2) is 57.5 Å². The van der Waals surface area contributed by atoms with E-state index in [0.29, 0.717) is 5.88 Å². The molecule has 0 radical (unpaired) electrons. The number of nitrogens with zero attached hydrogens (tertiary/aromatic N) is 1. The molecular formula is C16H13BrN2O. The van der Waals surface area contributed by atoms with Crippen LogP contribution in [-0.4, -0.2) is 5.16 Å². The molecule has 0 spiro atoms. The zero-order valence-corrected chi connectivity index (χ0v) is 12.5. The first-order chi connectivity index (χ1) is 9.66. The second-order valence-electron chi connectivity index (χ2n) is 4.62. The minimum absolute atomic E-state index is 0.332. The van der Waals surface area contributed by atoms with E-state index >= 15 is 0 Å². The SMILES string of the molecule is Cc1ccc(-c2noc(N)c2-c2ccccc2)c(Br)c1. The van der Waals surface area contributed by atoms with Crippen LogP contribution in [0.4, 0.5) is 5.88 Å². The zero-order chi connectivity index (χ0) is 14.1. The quantitative estimate of drug-likeness (QED) is 0.744. The molecule has 3 rings (SSSR count). The Morgan fingerprint density at radius 1 is 1.10 bits per heavy atom. The minimum atomic E-state index is 0.332. The first-order valence-corrected chi connectivity index (χ1v) is 7.03. The number of rotatable bonds is 2. The van der Waals surface area contributed by atoms with Gasteiger partial charge in [-0.15, -0.1) is 0 Å². The monoisotopic (exact) mass is 328 g/mol. The normalized spacial score (nSPS) is 10.7. The summed E-state index contributed by atoms with van der Waals surface area (Å²) in [5.41, 5.74) is 10.7. The number of aryl methyl sites for hydroxylation is 1. The predicted molar refractivity (Wildman–Crippen MR) is 84.2 cm³/mol. The number of anilines is 1. The summed E-state index contributed by atoms with van der Waals surface area (Å²) in [6.07, 6.45) is 0. The highest BCUT2D eigenvalue weighted by molar-refractivity contribution is 9.10. The fourth-order valence-corrected chi connectivity index (χ4v) is 2.86. The second kappa shape index (κ2) is 5.13. The number of benzene rings is 2. The smallest absolute Gasteiger partial charge is 0.230 e. The van der Waals surface area contributed by atoms with Gasteiger partial charge in [-0.1, -0.05) is 63.6 Å². The third kappa shape index (κ3) is 2.23. The van der Waals surface area contributed by atoms with Crippen LogP contribution >= 0.6 is 15.9 Å². The minimum Gasteiger partial charge on any atom is -0.367 e. The van der Waals surface area contributed by atoms with Gasteiger partial charge in [-0.25, -0.2) is 0 Å². The summed E-state index contributed by atoms with van der Waals surface area (Å²) >= 11 is 3.58. The molecule has 20 heavy (non-hydrogen) atoms. The van der Waals surface area contributed by atoms with Crippen LogP contribution < -0.4 is 5.73 Å². The largest absolute Gasteiger partial charge is 0.367 e. The van der Waals surface area contributed by atoms with Crippen molar-refractivity contribution < 1.29 is 4.52 Å². The lowest BCUT2D eigenvalue weighted by atomic mass is 10.0. The molecule has 3 aromatic rings. The van der Waals surface area contributed by atoms with E-state index in [4.69, 9.17) is 10.3 Å². The average Bonchev–Trinajstić information content (AvgIpc) is 2.81. The van der Waals surface area contributed by atoms with E-state index in [9.17, 15) is 0 Å². The predicted octanol–water partition coefficient (Wildman–Crippen LogP) is 4.66. The first-order valence-electron chi connectivity index (χ1n) is 6.24. The Bertz CT molecular complexity index is 750. The molecule has 3 nitrogen and oxygen atoms in total. The van der Waals surface area contributed by atoms with Crippen LogP contribution in [0.5, 0.6) is 0 Å². The highest BCUT2D eigenvalue weighted by Gasteiger charge is 2.18. The summed E-state index contributed by atoms with van der Waals surface area (Å²) in [5, 5.41) is 4.12. The standard InChI is InChI=1S/C16H13BrN2O/c1-10-7-8-12(13(17)9-10)15-14(16(18)20-19-15)11-5-3-2-4-6-11/h2-9H,18H2,1H3. The number of halogens is 1. The van der Waals surface area contributed by atoms with Crippen molar-refractivity contribution in [1.82, 2.24) is 5.16 Å². The van der Waals surface area contributed by atoms with E-state index in [1.165, 1.54) is 5.56 Å². The molecule has 100 valence electrons. The van der Waals surface area contributed by atoms with Crippen LogP contribution in [0.2, 0.25) is 0 Å². The van der Waals surface area contributed by atoms with E-state index < -0.39 is 0 Å². The van der Waals surface area contributed by atoms with Crippen LogP contribution in [-0.2, 0) is 0 Å². The Labute approximate surface area is 125 Å². The second-order valence-corrected chi connectivity index (χ2v) is 5.47. The van der Waals surface area contributed by atoms with Crippen LogP contribution in [0.3, 0.4) is 0 Å². The molecule has 0 saturated carbocycles. The van der Waals surface area contributed by atoms with Gasteiger partial charge < -0.3 is 10.3 Å². The molecule has 0 aliphatic rings. The maximum Gasteiger partial charge on any atom is 0.230 e. The van der Waals surface area contributed by atoms with Crippen molar-refractivity contribution in [2.75, 3.05) is 5.73 Å². The lowest BCUT2D eigenvalue weighted by Gasteiger charge is -2.05. The van der Waals surface area contributed by atoms with Gasteiger partial charge >= 0.3 is 0 Å². The molecule has 2 N–H and O–H groups in total. The van der Waals surface area contributed by atoms with E-state index in [1.807, 2.05) is 49.4 Å². The summed E-state index contributed by atoms with van der Waals surface area (Å²) in [6.45, 7) is 2.05. The zero-order valence-electron chi connectivity index (χ0n) is 10.9. The Morgan fingerprint density at radius 2 is 1.85 bits per heavy atom. The van der Waals surface area contributed by atoms with Crippen molar-refractivity contribution in [3.05, 3.63) is 58.6 Å². The lowest BCUT2D eigenvalue weighted by molar-refractivity contribution is 0.439. The summed E-state index contributed by atoms with van der Waals surface area (Å²) in [5.74, 6) is 0.332. The van der Waals surface area contributed by atoms with E-state index in [1.54, 1.807) is 0 Å². The van der Waals surface area contributed by atoms with Gasteiger partial charge in [-0.05, 0) is 24.1 Å². The number of nitrogens with two attached hydrogens (primary N) is 1. The van der Waals surface area contributed by atoms with Gasteiger partial charge in [0.15, 0.2) is 0 Å². The summed E-state index contributed by atoms with van der Waals surface area (Å²) in [7, 11) is 0. The average molecular weight is 329 g/mol. The lowest BCUT2D eigenvalue weighted by Crippen LogP contribution is -1.88. The maximum atomic E-state index is 5.95. The molecule has 0 fully saturated rings. The molecule has 0 amide bonds. The summed E-state index contributed by atoms with van der Waals surface area (Å²) < 4.78 is 6.17. The number of hydrogen-bond acceptors (Lipinski definition) is 3. The highest BCUT2D eigenvalue weighted by atomic mass is 79.9. The molecule has 2 aromatic carbocycles. The maximum absolute atomic E-state index is 5.95. The van der Waals surface area contributed by atoms with Gasteiger partial charge in [0, 0.05) is 10.0 Å². The Hall–Kier alpha value is -2.07. The molecular weight excluding hydrogens is 316 g/mol.